The average Bonchev–Trinajstić information content (AvgIpc) is 2.56. The highest BCUT2D eigenvalue weighted by molar-refractivity contribution is 5.85. The van der Waals surface area contributed by atoms with Gasteiger partial charge in [0.1, 0.15) is 5.75 Å². The first-order valence-electron chi connectivity index (χ1n) is 8.18. The van der Waals surface area contributed by atoms with E-state index in [1.165, 1.54) is 10.8 Å². The number of fused-ring (bicyclic) bond motifs is 1. The molecule has 0 amide bonds. The molecule has 0 radical (unpaired) electrons. The second-order valence-electron chi connectivity index (χ2n) is 5.75. The Morgan fingerprint density at radius 1 is 1.04 bits per heavy atom. The van der Waals surface area contributed by atoms with Crippen molar-refractivity contribution in [3.05, 3.63) is 54.1 Å². The van der Waals surface area contributed by atoms with E-state index in [1.807, 2.05) is 18.2 Å². The molecular weight excluding hydrogens is 288 g/mol. The normalized spacial score (nSPS) is 11.6. The van der Waals surface area contributed by atoms with Gasteiger partial charge in [0.2, 0.25) is 0 Å². The van der Waals surface area contributed by atoms with E-state index >= 15 is 0 Å². The minimum atomic E-state index is -0.825. The fourth-order valence-corrected chi connectivity index (χ4v) is 2.45. The molecule has 0 aliphatic heterocycles. The van der Waals surface area contributed by atoms with Crippen LogP contribution in [-0.4, -0.2) is 17.7 Å². The summed E-state index contributed by atoms with van der Waals surface area (Å²) in [6.07, 6.45) is 6.89. The maximum Gasteiger partial charge on any atom is 0.330 e. The monoisotopic (exact) mass is 312 g/mol. The topological polar surface area (TPSA) is 46.5 Å². The van der Waals surface area contributed by atoms with E-state index in [4.69, 9.17) is 9.84 Å². The third kappa shape index (κ3) is 5.78. The molecule has 0 unspecified atom stereocenters. The fraction of sp³-hybridized carbons (Fsp3) is 0.350. The standard InChI is InChI=1S/C20H24O3/c1-16(20(21)22)9-5-3-2-4-8-14-23-19-13-12-17-10-6-7-11-18(17)15-19/h6-7,9-13,15H,2-5,8,14H2,1H3,(H,21,22)/b16-9+. The predicted octanol–water partition coefficient (Wildman–Crippen LogP) is 5.20. The Hall–Kier alpha value is -2.29. The molecule has 0 saturated carbocycles. The van der Waals surface area contributed by atoms with Gasteiger partial charge in [0.15, 0.2) is 0 Å². The van der Waals surface area contributed by atoms with Gasteiger partial charge >= 0.3 is 5.97 Å². The molecule has 0 bridgehead atoms. The summed E-state index contributed by atoms with van der Waals surface area (Å²) in [5, 5.41) is 11.2. The Labute approximate surface area is 137 Å². The lowest BCUT2D eigenvalue weighted by Crippen LogP contribution is -1.97. The smallest absolute Gasteiger partial charge is 0.330 e. The maximum absolute atomic E-state index is 10.6. The van der Waals surface area contributed by atoms with Crippen molar-refractivity contribution in [2.24, 2.45) is 0 Å². The van der Waals surface area contributed by atoms with Crippen LogP contribution >= 0.6 is 0 Å². The summed E-state index contributed by atoms with van der Waals surface area (Å²) < 4.78 is 5.80. The molecule has 2 aromatic rings. The summed E-state index contributed by atoms with van der Waals surface area (Å²) >= 11 is 0. The molecule has 0 aromatic heterocycles. The number of carboxylic acids is 1. The average molecular weight is 312 g/mol. The number of hydrogen-bond acceptors (Lipinski definition) is 2. The lowest BCUT2D eigenvalue weighted by Gasteiger charge is -2.07. The van der Waals surface area contributed by atoms with Crippen LogP contribution in [0, 0.1) is 0 Å². The van der Waals surface area contributed by atoms with Gasteiger partial charge < -0.3 is 9.84 Å². The van der Waals surface area contributed by atoms with Crippen LogP contribution in [0.1, 0.15) is 39.0 Å². The van der Waals surface area contributed by atoms with Gasteiger partial charge in [0.25, 0.3) is 0 Å². The number of hydrogen-bond donors (Lipinski definition) is 1. The molecule has 3 nitrogen and oxygen atoms in total. The molecule has 0 saturated heterocycles. The molecule has 0 aliphatic carbocycles. The van der Waals surface area contributed by atoms with Crippen LogP contribution in [-0.2, 0) is 4.79 Å². The minimum absolute atomic E-state index is 0.435. The summed E-state index contributed by atoms with van der Waals surface area (Å²) in [5.74, 6) is 0.0949. The van der Waals surface area contributed by atoms with Gasteiger partial charge in [-0.3, -0.25) is 0 Å². The number of carbonyl (C=O) groups is 1. The number of benzene rings is 2. The number of allylic oxidation sites excluding steroid dienone is 1. The molecule has 0 heterocycles. The van der Waals surface area contributed by atoms with E-state index in [2.05, 4.69) is 24.3 Å². The predicted molar refractivity (Wildman–Crippen MR) is 93.9 cm³/mol. The Balaban J connectivity index is 1.61. The number of ether oxygens (including phenoxy) is 1. The summed E-state index contributed by atoms with van der Waals surface area (Å²) in [6.45, 7) is 2.36. The summed E-state index contributed by atoms with van der Waals surface area (Å²) in [7, 11) is 0. The zero-order chi connectivity index (χ0) is 16.5. The van der Waals surface area contributed by atoms with Crippen LogP contribution in [0.15, 0.2) is 54.1 Å². The number of aliphatic carboxylic acids is 1. The third-order valence-electron chi connectivity index (χ3n) is 3.88. The van der Waals surface area contributed by atoms with Crippen LogP contribution in [0.25, 0.3) is 10.8 Å². The Morgan fingerprint density at radius 3 is 2.57 bits per heavy atom. The van der Waals surface area contributed by atoms with Crippen molar-refractivity contribution >= 4 is 16.7 Å². The minimum Gasteiger partial charge on any atom is -0.494 e. The molecular formula is C20H24O3. The molecule has 0 atom stereocenters. The molecule has 0 aliphatic rings. The van der Waals surface area contributed by atoms with E-state index in [0.717, 1.165) is 44.5 Å². The highest BCUT2D eigenvalue weighted by Gasteiger charge is 1.99. The van der Waals surface area contributed by atoms with Crippen molar-refractivity contribution in [3.8, 4) is 5.75 Å². The first kappa shape index (κ1) is 17.1. The van der Waals surface area contributed by atoms with Crippen molar-refractivity contribution in [3.63, 3.8) is 0 Å². The summed E-state index contributed by atoms with van der Waals surface area (Å²) in [6, 6.07) is 14.4. The maximum atomic E-state index is 10.6. The van der Waals surface area contributed by atoms with Gasteiger partial charge in [-0.05, 0) is 49.1 Å². The van der Waals surface area contributed by atoms with Crippen molar-refractivity contribution in [2.45, 2.75) is 39.0 Å². The van der Waals surface area contributed by atoms with E-state index in [0.29, 0.717) is 5.57 Å². The summed E-state index contributed by atoms with van der Waals surface area (Å²) in [5.41, 5.74) is 0.435. The zero-order valence-electron chi connectivity index (χ0n) is 13.6. The van der Waals surface area contributed by atoms with Gasteiger partial charge in [-0.25, -0.2) is 4.79 Å². The highest BCUT2D eigenvalue weighted by atomic mass is 16.5. The Morgan fingerprint density at radius 2 is 1.78 bits per heavy atom. The number of rotatable bonds is 9. The van der Waals surface area contributed by atoms with E-state index in [1.54, 1.807) is 13.0 Å². The van der Waals surface area contributed by atoms with Gasteiger partial charge in [0, 0.05) is 5.57 Å². The number of unbranched alkanes of at least 4 members (excludes halogenated alkanes) is 4. The van der Waals surface area contributed by atoms with Gasteiger partial charge in [-0.1, -0.05) is 49.2 Å². The summed E-state index contributed by atoms with van der Waals surface area (Å²) in [4.78, 5) is 10.6. The third-order valence-corrected chi connectivity index (χ3v) is 3.88. The largest absolute Gasteiger partial charge is 0.494 e. The van der Waals surface area contributed by atoms with Crippen LogP contribution in [0.5, 0.6) is 5.75 Å². The highest BCUT2D eigenvalue weighted by Crippen LogP contribution is 2.20. The molecule has 3 heteroatoms. The second-order valence-corrected chi connectivity index (χ2v) is 5.75. The Kier molecular flexibility index (Phi) is 6.67. The Bertz CT molecular complexity index is 673. The molecule has 0 fully saturated rings. The first-order chi connectivity index (χ1) is 11.2. The van der Waals surface area contributed by atoms with Crippen molar-refractivity contribution in [1.29, 1.82) is 0 Å². The van der Waals surface area contributed by atoms with Crippen LogP contribution in [0.3, 0.4) is 0 Å². The SMILES string of the molecule is C/C(=C\CCCCCCOc1ccc2ccccc2c1)C(=O)O. The van der Waals surface area contributed by atoms with E-state index in [-0.39, 0.29) is 0 Å². The fourth-order valence-electron chi connectivity index (χ4n) is 2.45. The first-order valence-corrected chi connectivity index (χ1v) is 8.18. The molecule has 122 valence electrons. The molecule has 2 aromatic carbocycles. The van der Waals surface area contributed by atoms with Crippen LogP contribution in [0.4, 0.5) is 0 Å². The van der Waals surface area contributed by atoms with Gasteiger partial charge in [0.05, 0.1) is 6.61 Å². The molecule has 0 spiro atoms. The lowest BCUT2D eigenvalue weighted by atomic mass is 10.1. The second kappa shape index (κ2) is 8.99. The van der Waals surface area contributed by atoms with E-state index < -0.39 is 5.97 Å². The zero-order valence-corrected chi connectivity index (χ0v) is 13.6. The van der Waals surface area contributed by atoms with E-state index in [9.17, 15) is 4.79 Å². The van der Waals surface area contributed by atoms with Crippen LogP contribution in [0.2, 0.25) is 0 Å². The molecule has 1 N–H and O–H groups in total. The van der Waals surface area contributed by atoms with Crippen molar-refractivity contribution in [1.82, 2.24) is 0 Å². The molecule has 2 rings (SSSR count). The van der Waals surface area contributed by atoms with Crippen molar-refractivity contribution in [2.75, 3.05) is 6.61 Å². The molecule has 23 heavy (non-hydrogen) atoms. The van der Waals surface area contributed by atoms with Gasteiger partial charge in [-0.2, -0.15) is 0 Å². The van der Waals surface area contributed by atoms with Crippen LogP contribution < -0.4 is 4.74 Å². The number of carboxylic acid groups (broad SMARTS) is 1. The lowest BCUT2D eigenvalue weighted by molar-refractivity contribution is -0.132. The van der Waals surface area contributed by atoms with Crippen molar-refractivity contribution < 1.29 is 14.6 Å². The van der Waals surface area contributed by atoms with Gasteiger partial charge in [-0.15, -0.1) is 0 Å². The quantitative estimate of drug-likeness (QED) is 0.511.